The minimum Gasteiger partial charge on any atom is -0.478 e. The van der Waals surface area contributed by atoms with Gasteiger partial charge in [-0.1, -0.05) is 0 Å². The lowest BCUT2D eigenvalue weighted by atomic mass is 10.1. The minimum atomic E-state index is -1.71. The van der Waals surface area contributed by atoms with Crippen LogP contribution in [0.15, 0.2) is 8.95 Å². The van der Waals surface area contributed by atoms with Crippen molar-refractivity contribution >= 4 is 43.8 Å². The first-order valence-electron chi connectivity index (χ1n) is 3.61. The van der Waals surface area contributed by atoms with Crippen molar-refractivity contribution in [3.05, 3.63) is 31.7 Å². The lowest BCUT2D eigenvalue weighted by Gasteiger charge is -2.08. The zero-order valence-electron chi connectivity index (χ0n) is 7.22. The molecule has 0 unspecified atom stereocenters. The van der Waals surface area contributed by atoms with Crippen LogP contribution in [-0.2, 0) is 0 Å². The molecule has 0 saturated carbocycles. The van der Waals surface area contributed by atoms with E-state index in [2.05, 4.69) is 31.9 Å². The van der Waals surface area contributed by atoms with Gasteiger partial charge in [-0.15, -0.1) is 0 Å². The highest BCUT2D eigenvalue weighted by molar-refractivity contribution is 9.11. The third-order valence-corrected chi connectivity index (χ3v) is 3.18. The van der Waals surface area contributed by atoms with E-state index >= 15 is 0 Å². The maximum Gasteiger partial charge on any atom is 0.340 e. The zero-order valence-corrected chi connectivity index (χ0v) is 10.4. The van der Waals surface area contributed by atoms with Crippen LogP contribution in [0, 0.1) is 11.6 Å². The van der Waals surface area contributed by atoms with Crippen LogP contribution in [0.2, 0.25) is 0 Å². The molecule has 0 fully saturated rings. The minimum absolute atomic E-state index is 0.738. The van der Waals surface area contributed by atoms with Crippen LogP contribution in [-0.4, -0.2) is 22.2 Å². The summed E-state index contributed by atoms with van der Waals surface area (Å²) in [5.74, 6) is -6.11. The summed E-state index contributed by atoms with van der Waals surface area (Å²) in [4.78, 5) is 21.2. The predicted octanol–water partition coefficient (Wildman–Crippen LogP) is 2.89. The first-order chi connectivity index (χ1) is 7.29. The molecule has 0 heterocycles. The van der Waals surface area contributed by atoms with E-state index in [1.54, 1.807) is 0 Å². The Hall–Kier alpha value is -1.02. The van der Waals surface area contributed by atoms with Gasteiger partial charge < -0.3 is 10.2 Å². The number of hydrogen-bond donors (Lipinski definition) is 2. The molecule has 0 aromatic heterocycles. The Kier molecular flexibility index (Phi) is 3.64. The van der Waals surface area contributed by atoms with Crippen molar-refractivity contribution in [3.8, 4) is 0 Å². The Morgan fingerprint density at radius 3 is 1.31 bits per heavy atom. The van der Waals surface area contributed by atoms with Crippen molar-refractivity contribution in [2.75, 3.05) is 0 Å². The smallest absolute Gasteiger partial charge is 0.340 e. The highest BCUT2D eigenvalue weighted by Crippen LogP contribution is 2.33. The summed E-state index contributed by atoms with van der Waals surface area (Å²) in [6.45, 7) is 0. The van der Waals surface area contributed by atoms with E-state index in [1.807, 2.05) is 0 Å². The number of hydrogen-bond acceptors (Lipinski definition) is 2. The molecule has 1 aromatic carbocycles. The van der Waals surface area contributed by atoms with Gasteiger partial charge in [-0.25, -0.2) is 18.4 Å². The van der Waals surface area contributed by atoms with Gasteiger partial charge in [0.1, 0.15) is 11.1 Å². The summed E-state index contributed by atoms with van der Waals surface area (Å²) < 4.78 is 25.4. The maximum atomic E-state index is 13.4. The average Bonchev–Trinajstić information content (AvgIpc) is 2.14. The quantitative estimate of drug-likeness (QED) is 0.796. The standard InChI is InChI=1S/C8H2Br2F2O4/c9-3-1(7(13)14)5(11)4(10)2(6(3)12)8(15)16/h(H,13,14)(H,15,16). The Balaban J connectivity index is 3.77. The van der Waals surface area contributed by atoms with Crippen molar-refractivity contribution in [1.82, 2.24) is 0 Å². The average molecular weight is 360 g/mol. The third kappa shape index (κ3) is 1.94. The van der Waals surface area contributed by atoms with Gasteiger partial charge in [0.2, 0.25) is 0 Å². The summed E-state index contributed by atoms with van der Waals surface area (Å²) in [7, 11) is 0. The largest absolute Gasteiger partial charge is 0.478 e. The van der Waals surface area contributed by atoms with Gasteiger partial charge in [0, 0.05) is 0 Å². The molecule has 2 N–H and O–H groups in total. The SMILES string of the molecule is O=C(O)c1c(F)c(Br)c(C(=O)O)c(F)c1Br. The van der Waals surface area contributed by atoms with Crippen LogP contribution in [0.5, 0.6) is 0 Å². The van der Waals surface area contributed by atoms with Crippen molar-refractivity contribution < 1.29 is 28.6 Å². The predicted molar refractivity (Wildman–Crippen MR) is 55.7 cm³/mol. The molecule has 0 amide bonds. The summed E-state index contributed by atoms with van der Waals surface area (Å²) in [5.41, 5.74) is -1.93. The molecule has 1 rings (SSSR count). The summed E-state index contributed by atoms with van der Waals surface area (Å²) >= 11 is 5.01. The number of carbonyl (C=O) groups is 2. The Morgan fingerprint density at radius 1 is 0.875 bits per heavy atom. The topological polar surface area (TPSA) is 74.6 Å². The normalized spacial score (nSPS) is 10.2. The van der Waals surface area contributed by atoms with E-state index in [1.165, 1.54) is 0 Å². The fourth-order valence-electron chi connectivity index (χ4n) is 1.01. The van der Waals surface area contributed by atoms with Crippen LogP contribution in [0.1, 0.15) is 20.7 Å². The molecule has 0 aliphatic rings. The van der Waals surface area contributed by atoms with Crippen LogP contribution < -0.4 is 0 Å². The molecule has 86 valence electrons. The Bertz CT molecular complexity index is 427. The molecular weight excluding hydrogens is 358 g/mol. The molecule has 8 heteroatoms. The highest BCUT2D eigenvalue weighted by atomic mass is 79.9. The Morgan fingerprint density at radius 2 is 1.12 bits per heavy atom. The van der Waals surface area contributed by atoms with Gasteiger partial charge in [-0.05, 0) is 31.9 Å². The van der Waals surface area contributed by atoms with Crippen LogP contribution in [0.4, 0.5) is 8.78 Å². The van der Waals surface area contributed by atoms with E-state index in [9.17, 15) is 18.4 Å². The number of carboxylic acid groups (broad SMARTS) is 2. The second kappa shape index (κ2) is 4.46. The van der Waals surface area contributed by atoms with E-state index < -0.39 is 43.6 Å². The first kappa shape index (κ1) is 13.0. The highest BCUT2D eigenvalue weighted by Gasteiger charge is 2.28. The molecule has 0 radical (unpaired) electrons. The van der Waals surface area contributed by atoms with Gasteiger partial charge in [-0.3, -0.25) is 0 Å². The van der Waals surface area contributed by atoms with Gasteiger partial charge in [0.05, 0.1) is 8.95 Å². The molecule has 1 aromatic rings. The lowest BCUT2D eigenvalue weighted by Crippen LogP contribution is -2.11. The van der Waals surface area contributed by atoms with E-state index in [4.69, 9.17) is 10.2 Å². The molecule has 0 spiro atoms. The fourth-order valence-corrected chi connectivity index (χ4v) is 2.09. The van der Waals surface area contributed by atoms with E-state index in [0.717, 1.165) is 0 Å². The van der Waals surface area contributed by atoms with Gasteiger partial charge >= 0.3 is 11.9 Å². The number of rotatable bonds is 2. The molecule has 0 bridgehead atoms. The van der Waals surface area contributed by atoms with Crippen molar-refractivity contribution in [2.45, 2.75) is 0 Å². The Labute approximate surface area is 104 Å². The van der Waals surface area contributed by atoms with E-state index in [-0.39, 0.29) is 0 Å². The third-order valence-electron chi connectivity index (χ3n) is 1.69. The van der Waals surface area contributed by atoms with Crippen molar-refractivity contribution in [3.63, 3.8) is 0 Å². The first-order valence-corrected chi connectivity index (χ1v) is 5.20. The molecule has 4 nitrogen and oxygen atoms in total. The molecule has 0 aliphatic carbocycles. The maximum absolute atomic E-state index is 13.4. The van der Waals surface area contributed by atoms with Gasteiger partial charge in [-0.2, -0.15) is 0 Å². The zero-order chi connectivity index (χ0) is 12.6. The lowest BCUT2D eigenvalue weighted by molar-refractivity contribution is 0.0669. The van der Waals surface area contributed by atoms with Crippen LogP contribution in [0.25, 0.3) is 0 Å². The summed E-state index contributed by atoms with van der Waals surface area (Å²) in [5, 5.41) is 17.2. The fraction of sp³-hybridized carbons (Fsp3) is 0. The van der Waals surface area contributed by atoms with Gasteiger partial charge in [0.25, 0.3) is 0 Å². The molecular formula is C8H2Br2F2O4. The monoisotopic (exact) mass is 358 g/mol. The van der Waals surface area contributed by atoms with E-state index in [0.29, 0.717) is 0 Å². The van der Waals surface area contributed by atoms with Crippen LogP contribution in [0.3, 0.4) is 0 Å². The van der Waals surface area contributed by atoms with Gasteiger partial charge in [0.15, 0.2) is 11.6 Å². The second-order valence-electron chi connectivity index (χ2n) is 2.62. The number of halogens is 4. The molecule has 0 atom stereocenters. The molecule has 16 heavy (non-hydrogen) atoms. The second-order valence-corrected chi connectivity index (χ2v) is 4.20. The number of carboxylic acids is 2. The molecule has 0 aliphatic heterocycles. The van der Waals surface area contributed by atoms with Crippen molar-refractivity contribution in [2.24, 2.45) is 0 Å². The van der Waals surface area contributed by atoms with Crippen LogP contribution >= 0.6 is 31.9 Å². The molecule has 0 saturated heterocycles. The number of aromatic carboxylic acids is 2. The number of benzene rings is 1. The summed E-state index contributed by atoms with van der Waals surface area (Å²) in [6, 6.07) is 0. The van der Waals surface area contributed by atoms with Crippen molar-refractivity contribution in [1.29, 1.82) is 0 Å². The summed E-state index contributed by atoms with van der Waals surface area (Å²) in [6.07, 6.45) is 0.